The van der Waals surface area contributed by atoms with E-state index in [1.54, 1.807) is 24.3 Å². The van der Waals surface area contributed by atoms with Gasteiger partial charge in [0.05, 0.1) is 0 Å². The molecule has 2 aromatic rings. The number of nitrogens with two attached hydrogens (primary N) is 1. The minimum absolute atomic E-state index is 0.0425. The van der Waals surface area contributed by atoms with Crippen LogP contribution in [0.15, 0.2) is 47.5 Å². The molecule has 0 aliphatic heterocycles. The summed E-state index contributed by atoms with van der Waals surface area (Å²) in [5.74, 6) is 5.55. The number of benzene rings is 1. The van der Waals surface area contributed by atoms with E-state index in [0.717, 1.165) is 5.56 Å². The molecule has 0 aliphatic rings. The number of rotatable bonds is 6. The third kappa shape index (κ3) is 3.91. The number of nitrogen functional groups attached to an aromatic ring is 1. The van der Waals surface area contributed by atoms with E-state index in [1.165, 1.54) is 18.3 Å². The molecular formula is C13H16N4O3S. The number of hydrazine groups is 1. The molecule has 0 saturated carbocycles. The number of aromatic nitrogens is 1. The lowest BCUT2D eigenvalue weighted by Gasteiger charge is -2.09. The van der Waals surface area contributed by atoms with Crippen LogP contribution in [0.3, 0.4) is 0 Å². The minimum atomic E-state index is -3.69. The summed E-state index contributed by atoms with van der Waals surface area (Å²) in [6.45, 7) is 0.0538. The van der Waals surface area contributed by atoms with E-state index in [2.05, 4.69) is 15.1 Å². The van der Waals surface area contributed by atoms with Crippen LogP contribution in [0.25, 0.3) is 0 Å². The van der Waals surface area contributed by atoms with Crippen LogP contribution in [0.2, 0.25) is 0 Å². The summed E-state index contributed by atoms with van der Waals surface area (Å²) >= 11 is 0. The van der Waals surface area contributed by atoms with Crippen LogP contribution in [-0.2, 0) is 16.4 Å². The van der Waals surface area contributed by atoms with Gasteiger partial charge in [0.2, 0.25) is 0 Å². The number of nitrogens with one attached hydrogen (secondary N) is 2. The molecule has 5 N–H and O–H groups in total. The smallest absolute Gasteiger partial charge is 0.263 e. The third-order valence-corrected chi connectivity index (χ3v) is 4.17. The fourth-order valence-electron chi connectivity index (χ4n) is 1.71. The maximum absolute atomic E-state index is 12.2. The van der Waals surface area contributed by atoms with Gasteiger partial charge in [-0.1, -0.05) is 12.1 Å². The molecule has 0 saturated heterocycles. The zero-order chi connectivity index (χ0) is 15.3. The number of hydrogen-bond donors (Lipinski definition) is 4. The van der Waals surface area contributed by atoms with Crippen LogP contribution in [-0.4, -0.2) is 25.1 Å². The van der Waals surface area contributed by atoms with Gasteiger partial charge in [-0.2, -0.15) is 0 Å². The summed E-state index contributed by atoms with van der Waals surface area (Å²) in [4.78, 5) is 3.90. The number of pyridine rings is 1. The Bertz CT molecular complexity index is 684. The maximum Gasteiger partial charge on any atom is 0.263 e. The van der Waals surface area contributed by atoms with Crippen molar-refractivity contribution in [2.75, 3.05) is 16.8 Å². The van der Waals surface area contributed by atoms with Crippen molar-refractivity contribution in [2.45, 2.75) is 11.3 Å². The normalized spacial score (nSPS) is 11.1. The standard InChI is InChI=1S/C13H16N4O3S/c14-16-13-6-5-12(9-15-13)21(19,20)17-11-3-1-10(2-4-11)7-8-18/h1-6,9,17-18H,7-8,14H2,(H,15,16). The van der Waals surface area contributed by atoms with E-state index in [0.29, 0.717) is 17.9 Å². The molecule has 0 atom stereocenters. The molecule has 8 heteroatoms. The van der Waals surface area contributed by atoms with E-state index in [-0.39, 0.29) is 11.5 Å². The molecule has 0 bridgehead atoms. The summed E-state index contributed by atoms with van der Waals surface area (Å²) in [5.41, 5.74) is 3.70. The van der Waals surface area contributed by atoms with Gasteiger partial charge in [0, 0.05) is 18.5 Å². The largest absolute Gasteiger partial charge is 0.396 e. The van der Waals surface area contributed by atoms with Crippen molar-refractivity contribution in [2.24, 2.45) is 5.84 Å². The van der Waals surface area contributed by atoms with E-state index >= 15 is 0 Å². The van der Waals surface area contributed by atoms with Crippen molar-refractivity contribution in [1.82, 2.24) is 4.98 Å². The van der Waals surface area contributed by atoms with Gasteiger partial charge < -0.3 is 10.5 Å². The van der Waals surface area contributed by atoms with Crippen molar-refractivity contribution in [3.8, 4) is 0 Å². The maximum atomic E-state index is 12.2. The Labute approximate surface area is 122 Å². The molecular weight excluding hydrogens is 292 g/mol. The second-order valence-corrected chi connectivity index (χ2v) is 5.98. The molecule has 0 amide bonds. The van der Waals surface area contributed by atoms with Crippen molar-refractivity contribution in [3.05, 3.63) is 48.2 Å². The van der Waals surface area contributed by atoms with Gasteiger partial charge in [-0.25, -0.2) is 19.2 Å². The highest BCUT2D eigenvalue weighted by Crippen LogP contribution is 2.17. The SMILES string of the molecule is NNc1ccc(S(=O)(=O)Nc2ccc(CCO)cc2)cn1. The van der Waals surface area contributed by atoms with Crippen molar-refractivity contribution < 1.29 is 13.5 Å². The number of aliphatic hydroxyl groups excluding tert-OH is 1. The summed E-state index contributed by atoms with van der Waals surface area (Å²) < 4.78 is 26.8. The number of hydrogen-bond acceptors (Lipinski definition) is 6. The van der Waals surface area contributed by atoms with Gasteiger partial charge in [-0.05, 0) is 36.2 Å². The summed E-state index contributed by atoms with van der Waals surface area (Å²) in [7, 11) is -3.69. The fraction of sp³-hybridized carbons (Fsp3) is 0.154. The summed E-state index contributed by atoms with van der Waals surface area (Å²) in [6.07, 6.45) is 1.75. The quantitative estimate of drug-likeness (QED) is 0.461. The lowest BCUT2D eigenvalue weighted by atomic mass is 10.1. The highest BCUT2D eigenvalue weighted by molar-refractivity contribution is 7.92. The van der Waals surface area contributed by atoms with Crippen molar-refractivity contribution in [1.29, 1.82) is 0 Å². The molecule has 1 heterocycles. The first-order valence-electron chi connectivity index (χ1n) is 6.20. The van der Waals surface area contributed by atoms with Crippen molar-refractivity contribution >= 4 is 21.5 Å². The van der Waals surface area contributed by atoms with Gasteiger partial charge in [-0.15, -0.1) is 0 Å². The minimum Gasteiger partial charge on any atom is -0.396 e. The number of aliphatic hydroxyl groups is 1. The van der Waals surface area contributed by atoms with E-state index in [4.69, 9.17) is 10.9 Å². The Balaban J connectivity index is 2.16. The predicted molar refractivity (Wildman–Crippen MR) is 80.1 cm³/mol. The Kier molecular flexibility index (Phi) is 4.73. The van der Waals surface area contributed by atoms with Crippen LogP contribution in [0.5, 0.6) is 0 Å². The van der Waals surface area contributed by atoms with E-state index < -0.39 is 10.0 Å². The molecule has 0 radical (unpaired) electrons. The second kappa shape index (κ2) is 6.53. The van der Waals surface area contributed by atoms with E-state index in [1.807, 2.05) is 0 Å². The molecule has 0 aliphatic carbocycles. The van der Waals surface area contributed by atoms with E-state index in [9.17, 15) is 8.42 Å². The molecule has 0 unspecified atom stereocenters. The van der Waals surface area contributed by atoms with Crippen LogP contribution in [0, 0.1) is 0 Å². The highest BCUT2D eigenvalue weighted by atomic mass is 32.2. The molecule has 1 aromatic carbocycles. The molecule has 112 valence electrons. The molecule has 1 aromatic heterocycles. The molecule has 0 fully saturated rings. The lowest BCUT2D eigenvalue weighted by Crippen LogP contribution is -2.14. The molecule has 7 nitrogen and oxygen atoms in total. The first-order valence-corrected chi connectivity index (χ1v) is 7.69. The molecule has 0 spiro atoms. The average molecular weight is 308 g/mol. The second-order valence-electron chi connectivity index (χ2n) is 4.30. The van der Waals surface area contributed by atoms with Gasteiger partial charge in [-0.3, -0.25) is 4.72 Å². The average Bonchev–Trinajstić information content (AvgIpc) is 2.49. The Morgan fingerprint density at radius 2 is 1.86 bits per heavy atom. The van der Waals surface area contributed by atoms with Gasteiger partial charge in [0.1, 0.15) is 10.7 Å². The van der Waals surface area contributed by atoms with Gasteiger partial charge in [0.25, 0.3) is 10.0 Å². The number of anilines is 2. The zero-order valence-corrected chi connectivity index (χ0v) is 12.0. The summed E-state index contributed by atoms with van der Waals surface area (Å²) in [6, 6.07) is 9.68. The topological polar surface area (TPSA) is 117 Å². The summed E-state index contributed by atoms with van der Waals surface area (Å²) in [5, 5.41) is 8.83. The molecule has 21 heavy (non-hydrogen) atoms. The number of nitrogens with zero attached hydrogens (tertiary/aromatic N) is 1. The van der Waals surface area contributed by atoms with Crippen LogP contribution < -0.4 is 16.0 Å². The Morgan fingerprint density at radius 3 is 2.38 bits per heavy atom. The zero-order valence-electron chi connectivity index (χ0n) is 11.2. The lowest BCUT2D eigenvalue weighted by molar-refractivity contribution is 0.299. The van der Waals surface area contributed by atoms with Crippen LogP contribution in [0.4, 0.5) is 11.5 Å². The van der Waals surface area contributed by atoms with Crippen molar-refractivity contribution in [3.63, 3.8) is 0 Å². The number of sulfonamides is 1. The van der Waals surface area contributed by atoms with Gasteiger partial charge in [0.15, 0.2) is 0 Å². The third-order valence-electron chi connectivity index (χ3n) is 2.80. The fourth-order valence-corrected chi connectivity index (χ4v) is 2.71. The highest BCUT2D eigenvalue weighted by Gasteiger charge is 2.14. The molecule has 2 rings (SSSR count). The first kappa shape index (κ1) is 15.2. The van der Waals surface area contributed by atoms with Crippen LogP contribution >= 0.6 is 0 Å². The van der Waals surface area contributed by atoms with Gasteiger partial charge >= 0.3 is 0 Å². The first-order chi connectivity index (χ1) is 10.0. The monoisotopic (exact) mass is 308 g/mol. The Morgan fingerprint density at radius 1 is 1.14 bits per heavy atom. The predicted octanol–water partition coefficient (Wildman–Crippen LogP) is 0.703. The Hall–Kier alpha value is -2.16. The van der Waals surface area contributed by atoms with Crippen LogP contribution in [0.1, 0.15) is 5.56 Å².